The summed E-state index contributed by atoms with van der Waals surface area (Å²) in [5, 5.41) is 21.3. The molecule has 1 amide bonds. The monoisotopic (exact) mass is 255 g/mol. The van der Waals surface area contributed by atoms with Gasteiger partial charge in [0, 0.05) is 0 Å². The van der Waals surface area contributed by atoms with E-state index in [0.29, 0.717) is 12.3 Å². The SMILES string of the molecule is CC(C)C[C@H](NC(=O)[C@@H]1C[C@H]2CC[C@@H]1O2)B(O)O. The summed E-state index contributed by atoms with van der Waals surface area (Å²) in [4.78, 5) is 12.1. The molecule has 2 heterocycles. The van der Waals surface area contributed by atoms with Gasteiger partial charge in [0.05, 0.1) is 24.1 Å². The van der Waals surface area contributed by atoms with Crippen molar-refractivity contribution >= 4 is 13.0 Å². The number of amides is 1. The van der Waals surface area contributed by atoms with Gasteiger partial charge in [0.15, 0.2) is 0 Å². The highest BCUT2D eigenvalue weighted by Gasteiger charge is 2.45. The topological polar surface area (TPSA) is 78.8 Å². The number of carbonyl (C=O) groups is 1. The summed E-state index contributed by atoms with van der Waals surface area (Å²) >= 11 is 0. The number of nitrogens with one attached hydrogen (secondary N) is 1. The Morgan fingerprint density at radius 1 is 1.44 bits per heavy atom. The number of ether oxygens (including phenoxy) is 1. The smallest absolute Gasteiger partial charge is 0.426 e. The lowest BCUT2D eigenvalue weighted by Gasteiger charge is -2.24. The molecule has 0 saturated carbocycles. The third-order valence-corrected chi connectivity index (χ3v) is 3.86. The van der Waals surface area contributed by atoms with Gasteiger partial charge in [0.2, 0.25) is 5.91 Å². The van der Waals surface area contributed by atoms with E-state index in [-0.39, 0.29) is 24.0 Å². The maximum Gasteiger partial charge on any atom is 0.475 e. The maximum atomic E-state index is 12.1. The third-order valence-electron chi connectivity index (χ3n) is 3.86. The number of rotatable bonds is 5. The van der Waals surface area contributed by atoms with Crippen molar-refractivity contribution in [3.8, 4) is 0 Å². The Kier molecular flexibility index (Phi) is 4.30. The zero-order valence-electron chi connectivity index (χ0n) is 11.0. The Bertz CT molecular complexity index is 310. The summed E-state index contributed by atoms with van der Waals surface area (Å²) in [7, 11) is -1.50. The van der Waals surface area contributed by atoms with E-state index in [9.17, 15) is 14.8 Å². The predicted octanol–water partition coefficient (Wildman–Crippen LogP) is 0.0968. The van der Waals surface area contributed by atoms with Crippen molar-refractivity contribution in [2.45, 2.75) is 57.7 Å². The molecule has 2 aliphatic heterocycles. The van der Waals surface area contributed by atoms with Gasteiger partial charge in [-0.05, 0) is 31.6 Å². The van der Waals surface area contributed by atoms with E-state index >= 15 is 0 Å². The second-order valence-electron chi connectivity index (χ2n) is 5.87. The highest BCUT2D eigenvalue weighted by molar-refractivity contribution is 6.43. The molecule has 0 aromatic rings. The standard InChI is InChI=1S/C12H22BNO4/c1-7(2)5-11(13(16)17)14-12(15)9-6-8-3-4-10(9)18-8/h7-11,16-17H,3-6H2,1-2H3,(H,14,15)/t8-,9-,10+,11+/m1/s1. The van der Waals surface area contributed by atoms with Crippen LogP contribution in [-0.4, -0.2) is 41.2 Å². The Morgan fingerprint density at radius 3 is 2.61 bits per heavy atom. The molecule has 2 rings (SSSR count). The Morgan fingerprint density at radius 2 is 2.17 bits per heavy atom. The molecule has 0 aromatic carbocycles. The molecule has 4 atom stereocenters. The van der Waals surface area contributed by atoms with Gasteiger partial charge >= 0.3 is 7.12 Å². The zero-order chi connectivity index (χ0) is 13.3. The van der Waals surface area contributed by atoms with Gasteiger partial charge in [-0.3, -0.25) is 4.79 Å². The fourth-order valence-electron chi connectivity index (χ4n) is 2.97. The molecule has 2 bridgehead atoms. The molecular formula is C12H22BNO4. The highest BCUT2D eigenvalue weighted by Crippen LogP contribution is 2.38. The van der Waals surface area contributed by atoms with Crippen LogP contribution >= 0.6 is 0 Å². The second-order valence-corrected chi connectivity index (χ2v) is 5.87. The van der Waals surface area contributed by atoms with Gasteiger partial charge < -0.3 is 20.1 Å². The minimum Gasteiger partial charge on any atom is -0.426 e. The first kappa shape index (κ1) is 13.8. The summed E-state index contributed by atoms with van der Waals surface area (Å²) in [6, 6.07) is 0. The molecule has 0 aromatic heterocycles. The van der Waals surface area contributed by atoms with E-state index in [4.69, 9.17) is 4.74 Å². The van der Waals surface area contributed by atoms with Crippen LogP contribution in [0.15, 0.2) is 0 Å². The first-order valence-corrected chi connectivity index (χ1v) is 6.79. The Hall–Kier alpha value is -0.585. The van der Waals surface area contributed by atoms with E-state index in [1.165, 1.54) is 0 Å². The van der Waals surface area contributed by atoms with E-state index in [1.807, 2.05) is 13.8 Å². The van der Waals surface area contributed by atoms with Gasteiger partial charge in [-0.2, -0.15) is 0 Å². The van der Waals surface area contributed by atoms with Gasteiger partial charge in [0.25, 0.3) is 0 Å². The number of fused-ring (bicyclic) bond motifs is 2. The summed E-state index contributed by atoms with van der Waals surface area (Å²) in [5.41, 5.74) is 0. The molecule has 6 heteroatoms. The van der Waals surface area contributed by atoms with Crippen LogP contribution in [0.3, 0.4) is 0 Å². The first-order valence-electron chi connectivity index (χ1n) is 6.79. The van der Waals surface area contributed by atoms with Crippen LogP contribution < -0.4 is 5.32 Å². The molecule has 2 fully saturated rings. The minimum absolute atomic E-state index is 0.0329. The van der Waals surface area contributed by atoms with Gasteiger partial charge in [0.1, 0.15) is 0 Å². The minimum atomic E-state index is -1.50. The summed E-state index contributed by atoms with van der Waals surface area (Å²) < 4.78 is 5.64. The Labute approximate surface area is 108 Å². The quantitative estimate of drug-likeness (QED) is 0.609. The van der Waals surface area contributed by atoms with Crippen LogP contribution in [0.5, 0.6) is 0 Å². The van der Waals surface area contributed by atoms with Crippen LogP contribution in [0.4, 0.5) is 0 Å². The fraction of sp³-hybridized carbons (Fsp3) is 0.917. The van der Waals surface area contributed by atoms with Crippen LogP contribution in [-0.2, 0) is 9.53 Å². The van der Waals surface area contributed by atoms with Crippen LogP contribution in [0.25, 0.3) is 0 Å². The lowest BCUT2D eigenvalue weighted by Crippen LogP contribution is -2.50. The zero-order valence-corrected chi connectivity index (χ0v) is 11.0. The second kappa shape index (κ2) is 5.59. The molecule has 0 radical (unpaired) electrons. The van der Waals surface area contributed by atoms with Crippen LogP contribution in [0.1, 0.15) is 39.5 Å². The van der Waals surface area contributed by atoms with Crippen molar-refractivity contribution in [2.75, 3.05) is 0 Å². The summed E-state index contributed by atoms with van der Waals surface area (Å²) in [6.07, 6.45) is 3.59. The largest absolute Gasteiger partial charge is 0.475 e. The van der Waals surface area contributed by atoms with Crippen LogP contribution in [0, 0.1) is 11.8 Å². The number of hydrogen-bond donors (Lipinski definition) is 3. The van der Waals surface area contributed by atoms with E-state index < -0.39 is 13.1 Å². The van der Waals surface area contributed by atoms with Gasteiger partial charge in [-0.15, -0.1) is 0 Å². The van der Waals surface area contributed by atoms with Crippen molar-refractivity contribution in [1.82, 2.24) is 5.32 Å². The van der Waals surface area contributed by atoms with Crippen molar-refractivity contribution in [3.63, 3.8) is 0 Å². The van der Waals surface area contributed by atoms with Crippen molar-refractivity contribution in [1.29, 1.82) is 0 Å². The van der Waals surface area contributed by atoms with Crippen molar-refractivity contribution < 1.29 is 19.6 Å². The van der Waals surface area contributed by atoms with Gasteiger partial charge in [-0.1, -0.05) is 13.8 Å². The lowest BCUT2D eigenvalue weighted by molar-refractivity contribution is -0.127. The van der Waals surface area contributed by atoms with E-state index in [2.05, 4.69) is 5.32 Å². The Balaban J connectivity index is 1.88. The fourth-order valence-corrected chi connectivity index (χ4v) is 2.97. The average molecular weight is 255 g/mol. The van der Waals surface area contributed by atoms with Gasteiger partial charge in [-0.25, -0.2) is 0 Å². The average Bonchev–Trinajstić information content (AvgIpc) is 2.88. The number of carbonyl (C=O) groups excluding carboxylic acids is 1. The summed E-state index contributed by atoms with van der Waals surface area (Å²) in [5.74, 6) is -0.497. The lowest BCUT2D eigenvalue weighted by atomic mass is 9.74. The molecule has 2 saturated heterocycles. The molecule has 102 valence electrons. The first-order chi connectivity index (χ1) is 8.47. The molecule has 0 aliphatic carbocycles. The highest BCUT2D eigenvalue weighted by atomic mass is 16.5. The van der Waals surface area contributed by atoms with Crippen molar-refractivity contribution in [3.05, 3.63) is 0 Å². The molecule has 5 nitrogen and oxygen atoms in total. The molecule has 18 heavy (non-hydrogen) atoms. The van der Waals surface area contributed by atoms with Crippen molar-refractivity contribution in [2.24, 2.45) is 11.8 Å². The normalized spacial score (nSPS) is 31.7. The predicted molar refractivity (Wildman–Crippen MR) is 67.6 cm³/mol. The van der Waals surface area contributed by atoms with E-state index in [1.54, 1.807) is 0 Å². The van der Waals surface area contributed by atoms with Crippen LogP contribution in [0.2, 0.25) is 0 Å². The maximum absolute atomic E-state index is 12.1. The third kappa shape index (κ3) is 3.05. The summed E-state index contributed by atoms with van der Waals surface area (Å²) in [6.45, 7) is 3.98. The molecular weight excluding hydrogens is 233 g/mol. The molecule has 2 aliphatic rings. The molecule has 0 unspecified atom stereocenters. The number of hydrogen-bond acceptors (Lipinski definition) is 4. The molecule has 0 spiro atoms. The molecule has 3 N–H and O–H groups in total. The van der Waals surface area contributed by atoms with E-state index in [0.717, 1.165) is 19.3 Å².